The van der Waals surface area contributed by atoms with Crippen LogP contribution in [0.1, 0.15) is 5.56 Å². The summed E-state index contributed by atoms with van der Waals surface area (Å²) in [7, 11) is 1.90. The van der Waals surface area contributed by atoms with E-state index in [-0.39, 0.29) is 0 Å². The van der Waals surface area contributed by atoms with Crippen LogP contribution >= 0.6 is 11.6 Å². The highest BCUT2D eigenvalue weighted by Gasteiger charge is 2.03. The van der Waals surface area contributed by atoms with E-state index in [1.807, 2.05) is 67.7 Å². The summed E-state index contributed by atoms with van der Waals surface area (Å²) < 4.78 is 5.92. The molecule has 98 valence electrons. The van der Waals surface area contributed by atoms with Crippen LogP contribution in [0, 0.1) is 0 Å². The lowest BCUT2D eigenvalue weighted by Gasteiger charge is -2.10. The van der Waals surface area contributed by atoms with E-state index in [0.717, 1.165) is 23.6 Å². The van der Waals surface area contributed by atoms with Crippen molar-refractivity contribution in [3.8, 4) is 5.75 Å². The van der Waals surface area contributed by atoms with Crippen molar-refractivity contribution in [2.45, 2.75) is 0 Å². The van der Waals surface area contributed by atoms with Gasteiger partial charge < -0.3 is 10.1 Å². The highest BCUT2D eigenvalue weighted by Crippen LogP contribution is 2.22. The van der Waals surface area contributed by atoms with E-state index in [9.17, 15) is 0 Å². The maximum Gasteiger partial charge on any atom is 0.131 e. The fourth-order valence-corrected chi connectivity index (χ4v) is 1.77. The second kappa shape index (κ2) is 6.98. The number of benzene rings is 2. The summed E-state index contributed by atoms with van der Waals surface area (Å²) >= 11 is 5.87. The van der Waals surface area contributed by atoms with Crippen molar-refractivity contribution in [3.63, 3.8) is 0 Å². The maximum atomic E-state index is 5.92. The Morgan fingerprint density at radius 3 is 2.42 bits per heavy atom. The molecule has 0 atom stereocenters. The number of rotatable bonds is 5. The molecule has 2 aromatic carbocycles. The van der Waals surface area contributed by atoms with Crippen LogP contribution in [0.4, 0.5) is 0 Å². The van der Waals surface area contributed by atoms with Crippen molar-refractivity contribution in [2.75, 3.05) is 13.6 Å². The predicted octanol–water partition coefficient (Wildman–Crippen LogP) is 3.98. The first-order chi connectivity index (χ1) is 9.29. The van der Waals surface area contributed by atoms with Gasteiger partial charge in [0, 0.05) is 17.1 Å². The monoisotopic (exact) mass is 273 g/mol. The third-order valence-corrected chi connectivity index (χ3v) is 2.84. The number of hydrogen-bond acceptors (Lipinski definition) is 2. The average Bonchev–Trinajstić information content (AvgIpc) is 2.46. The van der Waals surface area contributed by atoms with Gasteiger partial charge in [-0.2, -0.15) is 0 Å². The molecule has 2 rings (SSSR count). The minimum atomic E-state index is 0.702. The predicted molar refractivity (Wildman–Crippen MR) is 80.4 cm³/mol. The van der Waals surface area contributed by atoms with Gasteiger partial charge in [-0.3, -0.25) is 0 Å². The van der Waals surface area contributed by atoms with E-state index in [0.29, 0.717) is 5.02 Å². The molecular weight excluding hydrogens is 258 g/mol. The Labute approximate surface area is 118 Å². The summed E-state index contributed by atoms with van der Waals surface area (Å²) in [5, 5.41) is 3.79. The molecular formula is C16H16ClNO. The molecule has 0 aromatic heterocycles. The average molecular weight is 274 g/mol. The highest BCUT2D eigenvalue weighted by molar-refractivity contribution is 6.30. The first kappa shape index (κ1) is 13.7. The van der Waals surface area contributed by atoms with Crippen LogP contribution in [0.25, 0.3) is 5.76 Å². The molecule has 0 fully saturated rings. The van der Waals surface area contributed by atoms with E-state index >= 15 is 0 Å². The highest BCUT2D eigenvalue weighted by atomic mass is 35.5. The van der Waals surface area contributed by atoms with Crippen molar-refractivity contribution in [1.29, 1.82) is 0 Å². The molecule has 19 heavy (non-hydrogen) atoms. The molecule has 3 heteroatoms. The lowest BCUT2D eigenvalue weighted by Crippen LogP contribution is -2.07. The van der Waals surface area contributed by atoms with E-state index in [1.165, 1.54) is 0 Å². The van der Waals surface area contributed by atoms with Crippen LogP contribution in [0.3, 0.4) is 0 Å². The molecule has 0 aliphatic heterocycles. The lowest BCUT2D eigenvalue weighted by atomic mass is 10.2. The first-order valence-corrected chi connectivity index (χ1v) is 6.51. The number of nitrogens with one attached hydrogen (secondary N) is 1. The molecule has 2 nitrogen and oxygen atoms in total. The van der Waals surface area contributed by atoms with Gasteiger partial charge in [-0.05, 0) is 37.4 Å². The summed E-state index contributed by atoms with van der Waals surface area (Å²) in [4.78, 5) is 0. The number of ether oxygens (including phenoxy) is 1. The van der Waals surface area contributed by atoms with E-state index in [1.54, 1.807) is 0 Å². The summed E-state index contributed by atoms with van der Waals surface area (Å²) in [6.07, 6.45) is 2.02. The standard InChI is InChI=1S/C16H16ClNO/c1-18-12-11-16(13-5-3-2-4-6-13)19-15-9-7-14(17)8-10-15/h2-11,18H,12H2,1H3/b16-11+. The van der Waals surface area contributed by atoms with Crippen molar-refractivity contribution in [3.05, 3.63) is 71.3 Å². The maximum absolute atomic E-state index is 5.92. The summed E-state index contributed by atoms with van der Waals surface area (Å²) in [5.41, 5.74) is 1.05. The van der Waals surface area contributed by atoms with E-state index in [4.69, 9.17) is 16.3 Å². The second-order valence-corrected chi connectivity index (χ2v) is 4.48. The zero-order chi connectivity index (χ0) is 13.5. The number of hydrogen-bond donors (Lipinski definition) is 1. The Morgan fingerprint density at radius 1 is 1.11 bits per heavy atom. The normalized spacial score (nSPS) is 11.4. The zero-order valence-corrected chi connectivity index (χ0v) is 11.5. The largest absolute Gasteiger partial charge is 0.457 e. The number of likely N-dealkylation sites (N-methyl/N-ethyl adjacent to an activating group) is 1. The Bertz CT molecular complexity index is 534. The minimum absolute atomic E-state index is 0.702. The van der Waals surface area contributed by atoms with Gasteiger partial charge in [-0.1, -0.05) is 41.9 Å². The molecule has 0 radical (unpaired) electrons. The van der Waals surface area contributed by atoms with Gasteiger partial charge >= 0.3 is 0 Å². The van der Waals surface area contributed by atoms with Gasteiger partial charge in [-0.25, -0.2) is 0 Å². The molecule has 0 saturated heterocycles. The quantitative estimate of drug-likeness (QED) is 0.832. The molecule has 0 saturated carbocycles. The van der Waals surface area contributed by atoms with Gasteiger partial charge in [0.1, 0.15) is 11.5 Å². The van der Waals surface area contributed by atoms with E-state index in [2.05, 4.69) is 5.32 Å². The van der Waals surface area contributed by atoms with Crippen LogP contribution in [0.2, 0.25) is 5.02 Å². The summed E-state index contributed by atoms with van der Waals surface area (Å²) in [6, 6.07) is 17.4. The van der Waals surface area contributed by atoms with Crippen molar-refractivity contribution in [1.82, 2.24) is 5.32 Å². The SMILES string of the molecule is CNC/C=C(/Oc1ccc(Cl)cc1)c1ccccc1. The molecule has 0 aliphatic rings. The zero-order valence-electron chi connectivity index (χ0n) is 10.8. The van der Waals surface area contributed by atoms with Crippen molar-refractivity contribution in [2.24, 2.45) is 0 Å². The molecule has 0 aliphatic carbocycles. The minimum Gasteiger partial charge on any atom is -0.457 e. The lowest BCUT2D eigenvalue weighted by molar-refractivity contribution is 0.513. The van der Waals surface area contributed by atoms with Crippen LogP contribution in [-0.2, 0) is 0 Å². The fourth-order valence-electron chi connectivity index (χ4n) is 1.65. The summed E-state index contributed by atoms with van der Waals surface area (Å²) in [6.45, 7) is 0.748. The number of halogens is 1. The molecule has 0 unspecified atom stereocenters. The first-order valence-electron chi connectivity index (χ1n) is 6.13. The summed E-state index contributed by atoms with van der Waals surface area (Å²) in [5.74, 6) is 1.60. The van der Waals surface area contributed by atoms with Crippen LogP contribution in [0.15, 0.2) is 60.7 Å². The molecule has 0 amide bonds. The topological polar surface area (TPSA) is 21.3 Å². The third kappa shape index (κ3) is 4.12. The molecule has 2 aromatic rings. The third-order valence-electron chi connectivity index (χ3n) is 2.59. The van der Waals surface area contributed by atoms with Crippen LogP contribution in [0.5, 0.6) is 5.75 Å². The van der Waals surface area contributed by atoms with E-state index < -0.39 is 0 Å². The Kier molecular flexibility index (Phi) is 5.01. The molecule has 0 bridgehead atoms. The Morgan fingerprint density at radius 2 is 1.79 bits per heavy atom. The van der Waals surface area contributed by atoms with Crippen LogP contribution in [-0.4, -0.2) is 13.6 Å². The van der Waals surface area contributed by atoms with Gasteiger partial charge in [0.05, 0.1) is 0 Å². The van der Waals surface area contributed by atoms with Gasteiger partial charge in [0.2, 0.25) is 0 Å². The molecule has 0 spiro atoms. The van der Waals surface area contributed by atoms with Gasteiger partial charge in [0.15, 0.2) is 0 Å². The second-order valence-electron chi connectivity index (χ2n) is 4.05. The molecule has 0 heterocycles. The Hall–Kier alpha value is -1.77. The fraction of sp³-hybridized carbons (Fsp3) is 0.125. The van der Waals surface area contributed by atoms with Gasteiger partial charge in [-0.15, -0.1) is 0 Å². The van der Waals surface area contributed by atoms with Crippen LogP contribution < -0.4 is 10.1 Å². The van der Waals surface area contributed by atoms with Crippen molar-refractivity contribution >= 4 is 17.4 Å². The molecule has 1 N–H and O–H groups in total. The smallest absolute Gasteiger partial charge is 0.131 e. The Balaban J connectivity index is 2.22. The van der Waals surface area contributed by atoms with Crippen molar-refractivity contribution < 1.29 is 4.74 Å². The van der Waals surface area contributed by atoms with Gasteiger partial charge in [0.25, 0.3) is 0 Å².